The average molecular weight is 416 g/mol. The molecule has 0 radical (unpaired) electrons. The van der Waals surface area contributed by atoms with Crippen LogP contribution in [0.15, 0.2) is 40.5 Å². The summed E-state index contributed by atoms with van der Waals surface area (Å²) in [6.07, 6.45) is 0. The van der Waals surface area contributed by atoms with Crippen molar-refractivity contribution < 1.29 is 23.9 Å². The maximum absolute atomic E-state index is 12.9. The summed E-state index contributed by atoms with van der Waals surface area (Å²) in [6.45, 7) is 9.10. The lowest BCUT2D eigenvalue weighted by Gasteiger charge is -2.33. The molecule has 1 fully saturated rings. The van der Waals surface area contributed by atoms with Gasteiger partial charge in [-0.3, -0.25) is 14.5 Å². The van der Waals surface area contributed by atoms with Gasteiger partial charge in [0.15, 0.2) is 5.17 Å². The first kappa shape index (κ1) is 21.1. The van der Waals surface area contributed by atoms with Crippen LogP contribution in [0.5, 0.6) is 5.75 Å². The predicted octanol–water partition coefficient (Wildman–Crippen LogP) is 3.46. The van der Waals surface area contributed by atoms with Crippen molar-refractivity contribution in [3.8, 4) is 5.75 Å². The van der Waals surface area contributed by atoms with Gasteiger partial charge in [0.1, 0.15) is 5.75 Å². The van der Waals surface area contributed by atoms with Crippen LogP contribution in [0.1, 0.15) is 46.2 Å². The molecule has 2 heterocycles. The van der Waals surface area contributed by atoms with E-state index in [2.05, 4.69) is 4.99 Å². The van der Waals surface area contributed by atoms with E-state index in [1.165, 1.54) is 18.7 Å². The number of fused-ring (bicyclic) bond motifs is 1. The van der Waals surface area contributed by atoms with Gasteiger partial charge in [-0.1, -0.05) is 37.7 Å². The van der Waals surface area contributed by atoms with Crippen molar-refractivity contribution >= 4 is 34.8 Å². The Morgan fingerprint density at radius 1 is 1.24 bits per heavy atom. The highest BCUT2D eigenvalue weighted by molar-refractivity contribution is 8.15. The Balaban J connectivity index is 2.02. The van der Waals surface area contributed by atoms with Crippen LogP contribution in [-0.2, 0) is 19.1 Å². The monoisotopic (exact) mass is 416 g/mol. The fourth-order valence-electron chi connectivity index (χ4n) is 3.18. The van der Waals surface area contributed by atoms with Crippen molar-refractivity contribution in [3.05, 3.63) is 41.1 Å². The minimum Gasteiger partial charge on any atom is -0.462 e. The fourth-order valence-corrected chi connectivity index (χ4v) is 4.21. The van der Waals surface area contributed by atoms with Gasteiger partial charge < -0.3 is 9.47 Å². The minimum atomic E-state index is -0.640. The van der Waals surface area contributed by atoms with Gasteiger partial charge in [-0.05, 0) is 37.5 Å². The second-order valence-electron chi connectivity index (χ2n) is 7.42. The number of carbonyl (C=O) groups is 3. The summed E-state index contributed by atoms with van der Waals surface area (Å²) in [5, 5.41) is 0.296. The molecule has 154 valence electrons. The third-order valence-electron chi connectivity index (χ3n) is 4.48. The Hall–Kier alpha value is -2.61. The lowest BCUT2D eigenvalue weighted by molar-refractivity contribution is -0.141. The minimum absolute atomic E-state index is 0.107. The van der Waals surface area contributed by atoms with E-state index in [1.54, 1.807) is 36.1 Å². The molecule has 1 saturated heterocycles. The number of thioether (sulfide) groups is 1. The van der Waals surface area contributed by atoms with Crippen LogP contribution in [0, 0.1) is 5.92 Å². The van der Waals surface area contributed by atoms with Gasteiger partial charge in [-0.15, -0.1) is 0 Å². The highest BCUT2D eigenvalue weighted by Crippen LogP contribution is 2.43. The number of carbonyl (C=O) groups excluding carboxylic acids is 3. The number of esters is 2. The maximum Gasteiger partial charge on any atom is 0.338 e. The Labute approximate surface area is 174 Å². The SMILES string of the molecule is CC(=O)Oc1ccc([C@H]2C(C(=O)OCC(C)C)=C(C)N=C3S[C@@H](C)C(=O)N32)cc1. The second kappa shape index (κ2) is 8.41. The highest BCUT2D eigenvalue weighted by Gasteiger charge is 2.46. The summed E-state index contributed by atoms with van der Waals surface area (Å²) in [4.78, 5) is 43.0. The quantitative estimate of drug-likeness (QED) is 0.540. The smallest absolute Gasteiger partial charge is 0.338 e. The van der Waals surface area contributed by atoms with E-state index in [4.69, 9.17) is 9.47 Å². The van der Waals surface area contributed by atoms with Gasteiger partial charge in [0, 0.05) is 6.92 Å². The van der Waals surface area contributed by atoms with E-state index in [9.17, 15) is 14.4 Å². The molecule has 1 amide bonds. The first-order valence-electron chi connectivity index (χ1n) is 9.43. The van der Waals surface area contributed by atoms with Gasteiger partial charge in [0.2, 0.25) is 5.91 Å². The van der Waals surface area contributed by atoms with Crippen molar-refractivity contribution in [2.75, 3.05) is 6.61 Å². The molecule has 29 heavy (non-hydrogen) atoms. The number of allylic oxidation sites excluding steroid dienone is 1. The molecule has 0 saturated carbocycles. The Bertz CT molecular complexity index is 904. The standard InChI is InChI=1S/C21H24N2O5S/c1-11(2)10-27-20(26)17-12(3)22-21-23(19(25)13(4)29-21)18(17)15-6-8-16(9-7-15)28-14(5)24/h6-9,11,13,18H,10H2,1-5H3/t13-,18-/m0/s1. The molecule has 3 rings (SSSR count). The number of ether oxygens (including phenoxy) is 2. The zero-order valence-corrected chi connectivity index (χ0v) is 17.9. The number of hydrogen-bond donors (Lipinski definition) is 0. The Morgan fingerprint density at radius 3 is 2.48 bits per heavy atom. The summed E-state index contributed by atoms with van der Waals surface area (Å²) in [5.41, 5.74) is 1.60. The second-order valence-corrected chi connectivity index (χ2v) is 8.73. The Morgan fingerprint density at radius 2 is 1.90 bits per heavy atom. The van der Waals surface area contributed by atoms with E-state index in [0.717, 1.165) is 0 Å². The number of hydrogen-bond acceptors (Lipinski definition) is 7. The summed E-state index contributed by atoms with van der Waals surface area (Å²) in [5.74, 6) is -0.424. The van der Waals surface area contributed by atoms with Gasteiger partial charge in [-0.25, -0.2) is 9.79 Å². The third kappa shape index (κ3) is 4.37. The van der Waals surface area contributed by atoms with E-state index in [-0.39, 0.29) is 23.7 Å². The highest BCUT2D eigenvalue weighted by atomic mass is 32.2. The molecule has 0 aromatic heterocycles. The van der Waals surface area contributed by atoms with E-state index in [1.807, 2.05) is 20.8 Å². The molecule has 1 aromatic rings. The van der Waals surface area contributed by atoms with Crippen LogP contribution in [-0.4, -0.2) is 39.8 Å². The normalized spacial score (nSPS) is 21.2. The van der Waals surface area contributed by atoms with Gasteiger partial charge >= 0.3 is 11.9 Å². The molecule has 0 aliphatic carbocycles. The topological polar surface area (TPSA) is 85.3 Å². The number of nitrogens with zero attached hydrogens (tertiary/aromatic N) is 2. The molecular formula is C21H24N2O5S. The van der Waals surface area contributed by atoms with Gasteiger partial charge in [-0.2, -0.15) is 0 Å². The van der Waals surface area contributed by atoms with Crippen LogP contribution in [0.4, 0.5) is 0 Å². The van der Waals surface area contributed by atoms with Crippen LogP contribution in [0.3, 0.4) is 0 Å². The van der Waals surface area contributed by atoms with Gasteiger partial charge in [0.25, 0.3) is 0 Å². The molecule has 1 aromatic carbocycles. The summed E-state index contributed by atoms with van der Waals surface area (Å²) < 4.78 is 10.6. The molecule has 7 nitrogen and oxygen atoms in total. The van der Waals surface area contributed by atoms with Crippen LogP contribution >= 0.6 is 11.8 Å². The van der Waals surface area contributed by atoms with Crippen molar-refractivity contribution in [2.24, 2.45) is 10.9 Å². The van der Waals surface area contributed by atoms with E-state index < -0.39 is 18.0 Å². The van der Waals surface area contributed by atoms with Crippen molar-refractivity contribution in [1.82, 2.24) is 4.90 Å². The summed E-state index contributed by atoms with van der Waals surface area (Å²) in [7, 11) is 0. The zero-order chi connectivity index (χ0) is 21.3. The number of aliphatic imine (C=N–C) groups is 1. The Kier molecular flexibility index (Phi) is 6.12. The largest absolute Gasteiger partial charge is 0.462 e. The fraction of sp³-hybridized carbons (Fsp3) is 0.429. The molecular weight excluding hydrogens is 392 g/mol. The summed E-state index contributed by atoms with van der Waals surface area (Å²) >= 11 is 1.37. The average Bonchev–Trinajstić information content (AvgIpc) is 2.92. The lowest BCUT2D eigenvalue weighted by atomic mass is 9.94. The molecule has 2 atom stereocenters. The molecule has 0 spiro atoms. The molecule has 0 unspecified atom stereocenters. The predicted molar refractivity (Wildman–Crippen MR) is 110 cm³/mol. The molecule has 2 aliphatic heterocycles. The summed E-state index contributed by atoms with van der Waals surface area (Å²) in [6, 6.07) is 6.14. The van der Waals surface area contributed by atoms with Crippen molar-refractivity contribution in [2.45, 2.75) is 45.9 Å². The molecule has 0 N–H and O–H groups in total. The zero-order valence-electron chi connectivity index (χ0n) is 17.1. The van der Waals surface area contributed by atoms with Crippen LogP contribution in [0.25, 0.3) is 0 Å². The maximum atomic E-state index is 12.9. The number of rotatable bonds is 5. The number of amides is 1. The number of amidine groups is 1. The first-order chi connectivity index (χ1) is 13.7. The van der Waals surface area contributed by atoms with Crippen LogP contribution < -0.4 is 4.74 Å². The molecule has 2 aliphatic rings. The molecule has 0 bridgehead atoms. The first-order valence-corrected chi connectivity index (χ1v) is 10.3. The third-order valence-corrected chi connectivity index (χ3v) is 5.54. The lowest BCUT2D eigenvalue weighted by Crippen LogP contribution is -2.40. The van der Waals surface area contributed by atoms with E-state index >= 15 is 0 Å². The van der Waals surface area contributed by atoms with Crippen molar-refractivity contribution in [3.63, 3.8) is 0 Å². The van der Waals surface area contributed by atoms with E-state index in [0.29, 0.717) is 27.8 Å². The van der Waals surface area contributed by atoms with Crippen molar-refractivity contribution in [1.29, 1.82) is 0 Å². The van der Waals surface area contributed by atoms with Crippen LogP contribution in [0.2, 0.25) is 0 Å². The molecule has 8 heteroatoms. The van der Waals surface area contributed by atoms with Gasteiger partial charge in [0.05, 0.1) is 29.2 Å². The number of benzene rings is 1.